The van der Waals surface area contributed by atoms with Crippen molar-refractivity contribution < 1.29 is 14.3 Å². The summed E-state index contributed by atoms with van der Waals surface area (Å²) in [5, 5.41) is 0. The van der Waals surface area contributed by atoms with E-state index in [1.807, 2.05) is 17.0 Å². The molecule has 0 amide bonds. The number of hydrogen-bond acceptors (Lipinski definition) is 6. The number of carbonyl (C=O) groups is 1. The Morgan fingerprint density at radius 1 is 1.26 bits per heavy atom. The zero-order valence-corrected chi connectivity index (χ0v) is 15.8. The molecule has 2 aliphatic rings. The smallest absolute Gasteiger partial charge is 0.356 e. The van der Waals surface area contributed by atoms with Gasteiger partial charge in [0.1, 0.15) is 0 Å². The third-order valence-corrected chi connectivity index (χ3v) is 5.03. The lowest BCUT2D eigenvalue weighted by Gasteiger charge is -2.30. The minimum absolute atomic E-state index is 0.333. The number of imidazole rings is 1. The van der Waals surface area contributed by atoms with Gasteiger partial charge in [0.25, 0.3) is 0 Å². The fraction of sp³-hybridized carbons (Fsp3) is 0.550. The van der Waals surface area contributed by atoms with Crippen molar-refractivity contribution in [1.29, 1.82) is 0 Å². The average Bonchev–Trinajstić information content (AvgIpc) is 3.45. The minimum atomic E-state index is -0.374. The second-order valence-electron chi connectivity index (χ2n) is 7.13. The summed E-state index contributed by atoms with van der Waals surface area (Å²) >= 11 is 0. The van der Waals surface area contributed by atoms with Crippen molar-refractivity contribution in [3.05, 3.63) is 36.2 Å². The standard InChI is InChI=1S/C20H26N4O3/c1-2-3-8-27-20(25)16-11-18(24-13-17(22-14-24)15-4-5-15)19(12-21-16)23-6-9-26-10-7-23/h11-15H,2-10H2,1H3. The third kappa shape index (κ3) is 4.13. The van der Waals surface area contributed by atoms with Gasteiger partial charge in [-0.2, -0.15) is 0 Å². The topological polar surface area (TPSA) is 69.5 Å². The molecule has 7 nitrogen and oxygen atoms in total. The number of anilines is 1. The van der Waals surface area contributed by atoms with Crippen LogP contribution in [0, 0.1) is 0 Å². The Kier molecular flexibility index (Phi) is 5.38. The highest BCUT2D eigenvalue weighted by Gasteiger charge is 2.27. The number of carbonyl (C=O) groups excluding carboxylic acids is 1. The monoisotopic (exact) mass is 370 g/mol. The number of rotatable bonds is 7. The molecule has 0 bridgehead atoms. The van der Waals surface area contributed by atoms with Gasteiger partial charge in [-0.1, -0.05) is 13.3 Å². The van der Waals surface area contributed by atoms with E-state index in [-0.39, 0.29) is 5.97 Å². The van der Waals surface area contributed by atoms with E-state index in [4.69, 9.17) is 9.47 Å². The van der Waals surface area contributed by atoms with Crippen LogP contribution in [0.25, 0.3) is 5.69 Å². The third-order valence-electron chi connectivity index (χ3n) is 5.03. The van der Waals surface area contributed by atoms with Gasteiger partial charge in [-0.05, 0) is 25.3 Å². The Bertz CT molecular complexity index is 794. The van der Waals surface area contributed by atoms with Gasteiger partial charge in [0.15, 0.2) is 5.69 Å². The summed E-state index contributed by atoms with van der Waals surface area (Å²) in [6.45, 7) is 5.49. The predicted molar refractivity (Wildman–Crippen MR) is 102 cm³/mol. The Hall–Kier alpha value is -2.41. The molecule has 0 radical (unpaired) electrons. The van der Waals surface area contributed by atoms with Crippen molar-refractivity contribution in [2.75, 3.05) is 37.8 Å². The van der Waals surface area contributed by atoms with Crippen LogP contribution < -0.4 is 4.90 Å². The number of morpholine rings is 1. The molecule has 1 aliphatic carbocycles. The number of aromatic nitrogens is 3. The van der Waals surface area contributed by atoms with E-state index in [1.165, 1.54) is 12.8 Å². The maximum atomic E-state index is 12.4. The Morgan fingerprint density at radius 2 is 2.07 bits per heavy atom. The zero-order chi connectivity index (χ0) is 18.6. The van der Waals surface area contributed by atoms with Crippen molar-refractivity contribution in [3.63, 3.8) is 0 Å². The lowest BCUT2D eigenvalue weighted by atomic mass is 10.2. The Balaban J connectivity index is 1.64. The molecule has 1 aliphatic heterocycles. The summed E-state index contributed by atoms with van der Waals surface area (Å²) in [6, 6.07) is 1.82. The van der Waals surface area contributed by atoms with Crippen molar-refractivity contribution in [2.24, 2.45) is 0 Å². The number of hydrogen-bond donors (Lipinski definition) is 0. The minimum Gasteiger partial charge on any atom is -0.461 e. The van der Waals surface area contributed by atoms with Crippen LogP contribution in [-0.2, 0) is 9.47 Å². The van der Waals surface area contributed by atoms with E-state index in [9.17, 15) is 4.79 Å². The molecule has 4 rings (SSSR count). The molecule has 7 heteroatoms. The van der Waals surface area contributed by atoms with Crippen LogP contribution in [0.4, 0.5) is 5.69 Å². The lowest BCUT2D eigenvalue weighted by molar-refractivity contribution is 0.0493. The van der Waals surface area contributed by atoms with Crippen molar-refractivity contribution in [1.82, 2.24) is 14.5 Å². The molecule has 0 N–H and O–H groups in total. The molecule has 27 heavy (non-hydrogen) atoms. The van der Waals surface area contributed by atoms with Gasteiger partial charge >= 0.3 is 5.97 Å². The first-order valence-corrected chi connectivity index (χ1v) is 9.80. The summed E-state index contributed by atoms with van der Waals surface area (Å²) in [7, 11) is 0. The molecule has 1 saturated heterocycles. The Morgan fingerprint density at radius 3 is 2.81 bits per heavy atom. The largest absolute Gasteiger partial charge is 0.461 e. The van der Waals surface area contributed by atoms with Crippen LogP contribution in [0.15, 0.2) is 24.8 Å². The summed E-state index contributed by atoms with van der Waals surface area (Å²) in [6.07, 6.45) is 9.94. The normalized spacial score (nSPS) is 17.1. The fourth-order valence-electron chi connectivity index (χ4n) is 3.25. The van der Waals surface area contributed by atoms with E-state index >= 15 is 0 Å². The highest BCUT2D eigenvalue weighted by molar-refractivity contribution is 5.88. The van der Waals surface area contributed by atoms with Gasteiger partial charge in [-0.3, -0.25) is 0 Å². The van der Waals surface area contributed by atoms with Crippen LogP contribution >= 0.6 is 0 Å². The van der Waals surface area contributed by atoms with E-state index in [0.29, 0.717) is 31.4 Å². The molecule has 144 valence electrons. The van der Waals surface area contributed by atoms with Crippen molar-refractivity contribution in [3.8, 4) is 5.69 Å². The molecular weight excluding hydrogens is 344 g/mol. The van der Waals surface area contributed by atoms with E-state index < -0.39 is 0 Å². The van der Waals surface area contributed by atoms with E-state index in [0.717, 1.165) is 43.0 Å². The zero-order valence-electron chi connectivity index (χ0n) is 15.8. The van der Waals surface area contributed by atoms with Crippen LogP contribution in [0.3, 0.4) is 0 Å². The first kappa shape index (κ1) is 18.0. The highest BCUT2D eigenvalue weighted by atomic mass is 16.5. The summed E-state index contributed by atoms with van der Waals surface area (Å²) in [5.74, 6) is 0.208. The van der Waals surface area contributed by atoms with E-state index in [1.54, 1.807) is 6.20 Å². The van der Waals surface area contributed by atoms with Crippen molar-refractivity contribution >= 4 is 11.7 Å². The van der Waals surface area contributed by atoms with Gasteiger partial charge in [0.2, 0.25) is 0 Å². The fourth-order valence-corrected chi connectivity index (χ4v) is 3.25. The predicted octanol–water partition coefficient (Wildman–Crippen LogP) is 2.94. The molecule has 2 fully saturated rings. The molecule has 0 unspecified atom stereocenters. The van der Waals surface area contributed by atoms with Crippen LogP contribution in [0.2, 0.25) is 0 Å². The van der Waals surface area contributed by atoms with Crippen LogP contribution in [0.1, 0.15) is 54.7 Å². The Labute approximate surface area is 159 Å². The number of ether oxygens (including phenoxy) is 2. The van der Waals surface area contributed by atoms with Crippen LogP contribution in [-0.4, -0.2) is 53.4 Å². The molecule has 2 aromatic heterocycles. The molecule has 3 heterocycles. The molecule has 0 atom stereocenters. The van der Waals surface area contributed by atoms with E-state index in [2.05, 4.69) is 28.0 Å². The first-order valence-electron chi connectivity index (χ1n) is 9.80. The quantitative estimate of drug-likeness (QED) is 0.551. The van der Waals surface area contributed by atoms with Gasteiger partial charge in [0, 0.05) is 25.2 Å². The molecule has 2 aromatic rings. The van der Waals surface area contributed by atoms with Crippen molar-refractivity contribution in [2.45, 2.75) is 38.5 Å². The summed E-state index contributed by atoms with van der Waals surface area (Å²) in [5.41, 5.74) is 3.35. The SMILES string of the molecule is CCCCOC(=O)c1cc(-n2cnc(C3CC3)c2)c(N2CCOCC2)cn1. The lowest BCUT2D eigenvalue weighted by Crippen LogP contribution is -2.37. The second-order valence-corrected chi connectivity index (χ2v) is 7.13. The van der Waals surface area contributed by atoms with Gasteiger partial charge in [-0.25, -0.2) is 14.8 Å². The maximum absolute atomic E-state index is 12.4. The molecule has 1 saturated carbocycles. The number of unbranched alkanes of at least 4 members (excludes halogenated alkanes) is 1. The van der Waals surface area contributed by atoms with Gasteiger partial charge < -0.3 is 18.9 Å². The molecule has 0 spiro atoms. The van der Waals surface area contributed by atoms with Crippen LogP contribution in [0.5, 0.6) is 0 Å². The highest BCUT2D eigenvalue weighted by Crippen LogP contribution is 2.39. The summed E-state index contributed by atoms with van der Waals surface area (Å²) in [4.78, 5) is 23.6. The second kappa shape index (κ2) is 8.08. The summed E-state index contributed by atoms with van der Waals surface area (Å²) < 4.78 is 12.8. The number of esters is 1. The first-order chi connectivity index (χ1) is 13.3. The number of pyridine rings is 1. The van der Waals surface area contributed by atoms with Gasteiger partial charge in [0.05, 0.1) is 49.4 Å². The maximum Gasteiger partial charge on any atom is 0.356 e. The molecular formula is C20H26N4O3. The average molecular weight is 370 g/mol. The molecule has 0 aromatic carbocycles. The van der Waals surface area contributed by atoms with Gasteiger partial charge in [-0.15, -0.1) is 0 Å². The number of nitrogens with zero attached hydrogens (tertiary/aromatic N) is 4.